The molecule has 0 amide bonds. The lowest BCUT2D eigenvalue weighted by atomic mass is 10.0. The monoisotopic (exact) mass is 328 g/mol. The summed E-state index contributed by atoms with van der Waals surface area (Å²) in [4.78, 5) is 22.1. The molecular weight excluding hydrogens is 292 g/mol. The number of rotatable bonds is 15. The third kappa shape index (κ3) is 15.6. The summed E-state index contributed by atoms with van der Waals surface area (Å²) in [7, 11) is 1.43. The molecule has 1 unspecified atom stereocenters. The zero-order valence-electron chi connectivity index (χ0n) is 15.4. The summed E-state index contributed by atoms with van der Waals surface area (Å²) in [6.45, 7) is 3.70. The van der Waals surface area contributed by atoms with E-state index in [0.29, 0.717) is 6.42 Å². The molecular formula is C19H36O4. The third-order valence-corrected chi connectivity index (χ3v) is 4.10. The molecule has 0 aliphatic rings. The van der Waals surface area contributed by atoms with Crippen LogP contribution in [-0.2, 0) is 19.1 Å². The predicted molar refractivity (Wildman–Crippen MR) is 93.3 cm³/mol. The summed E-state index contributed by atoms with van der Waals surface area (Å²) in [5.74, 6) is -0.273. The first-order chi connectivity index (χ1) is 11.1. The number of esters is 2. The first-order valence-corrected chi connectivity index (χ1v) is 9.34. The van der Waals surface area contributed by atoms with E-state index in [1.807, 2.05) is 0 Å². The Labute approximate surface area is 142 Å². The molecule has 0 aromatic rings. The predicted octanol–water partition coefficient (Wildman–Crippen LogP) is 5.18. The van der Waals surface area contributed by atoms with Crippen LogP contribution in [-0.4, -0.2) is 25.2 Å². The SMILES string of the molecule is CCCCCCC(CCCCCCCCC(=O)OC)OC(C)=O. The highest BCUT2D eigenvalue weighted by atomic mass is 16.5. The second-order valence-electron chi connectivity index (χ2n) is 6.32. The molecule has 0 fully saturated rings. The zero-order chi connectivity index (χ0) is 17.3. The highest BCUT2D eigenvalue weighted by Gasteiger charge is 2.11. The van der Waals surface area contributed by atoms with Crippen LogP contribution < -0.4 is 0 Å². The molecule has 0 saturated carbocycles. The fourth-order valence-electron chi connectivity index (χ4n) is 2.75. The first-order valence-electron chi connectivity index (χ1n) is 9.34. The average Bonchev–Trinajstić information content (AvgIpc) is 2.52. The van der Waals surface area contributed by atoms with Gasteiger partial charge in [-0.25, -0.2) is 0 Å². The fourth-order valence-corrected chi connectivity index (χ4v) is 2.75. The summed E-state index contributed by atoms with van der Waals surface area (Å²) >= 11 is 0. The number of ether oxygens (including phenoxy) is 2. The normalized spacial score (nSPS) is 12.0. The minimum absolute atomic E-state index is 0.101. The maximum Gasteiger partial charge on any atom is 0.305 e. The van der Waals surface area contributed by atoms with Crippen molar-refractivity contribution in [1.82, 2.24) is 0 Å². The fraction of sp³-hybridized carbons (Fsp3) is 0.895. The molecule has 0 aromatic heterocycles. The van der Waals surface area contributed by atoms with E-state index in [4.69, 9.17) is 4.74 Å². The summed E-state index contributed by atoms with van der Waals surface area (Å²) < 4.78 is 10.0. The molecule has 0 rings (SSSR count). The van der Waals surface area contributed by atoms with Gasteiger partial charge < -0.3 is 9.47 Å². The molecule has 4 heteroatoms. The van der Waals surface area contributed by atoms with Crippen molar-refractivity contribution in [3.63, 3.8) is 0 Å². The van der Waals surface area contributed by atoms with Gasteiger partial charge in [0.2, 0.25) is 0 Å². The lowest BCUT2D eigenvalue weighted by molar-refractivity contribution is -0.147. The van der Waals surface area contributed by atoms with Gasteiger partial charge in [-0.1, -0.05) is 51.9 Å². The smallest absolute Gasteiger partial charge is 0.305 e. The van der Waals surface area contributed by atoms with Gasteiger partial charge in [0, 0.05) is 13.3 Å². The van der Waals surface area contributed by atoms with E-state index in [1.165, 1.54) is 46.1 Å². The van der Waals surface area contributed by atoms with Crippen molar-refractivity contribution in [3.8, 4) is 0 Å². The average molecular weight is 328 g/mol. The maximum atomic E-state index is 11.2. The second kappa shape index (κ2) is 15.8. The molecule has 0 heterocycles. The van der Waals surface area contributed by atoms with Gasteiger partial charge in [0.05, 0.1) is 7.11 Å². The van der Waals surface area contributed by atoms with Gasteiger partial charge in [-0.05, 0) is 32.1 Å². The molecule has 0 aliphatic carbocycles. The lowest BCUT2D eigenvalue weighted by Crippen LogP contribution is -2.16. The van der Waals surface area contributed by atoms with Crippen molar-refractivity contribution in [2.24, 2.45) is 0 Å². The Balaban J connectivity index is 3.61. The van der Waals surface area contributed by atoms with Crippen LogP contribution >= 0.6 is 0 Å². The number of carbonyl (C=O) groups excluding carboxylic acids is 2. The Bertz CT molecular complexity index is 302. The number of hydrogen-bond donors (Lipinski definition) is 0. The highest BCUT2D eigenvalue weighted by Crippen LogP contribution is 2.16. The number of carbonyl (C=O) groups is 2. The maximum absolute atomic E-state index is 11.2. The van der Waals surface area contributed by atoms with Crippen LogP contribution in [0.5, 0.6) is 0 Å². The summed E-state index contributed by atoms with van der Waals surface area (Å²) in [6, 6.07) is 0. The van der Waals surface area contributed by atoms with Crippen molar-refractivity contribution in [3.05, 3.63) is 0 Å². The van der Waals surface area contributed by atoms with Gasteiger partial charge in [-0.3, -0.25) is 9.59 Å². The molecule has 0 bridgehead atoms. The molecule has 4 nitrogen and oxygen atoms in total. The van der Waals surface area contributed by atoms with Gasteiger partial charge in [0.1, 0.15) is 6.10 Å². The topological polar surface area (TPSA) is 52.6 Å². The van der Waals surface area contributed by atoms with Crippen molar-refractivity contribution < 1.29 is 19.1 Å². The van der Waals surface area contributed by atoms with Crippen molar-refractivity contribution >= 4 is 11.9 Å². The Morgan fingerprint density at radius 3 is 1.87 bits per heavy atom. The van der Waals surface area contributed by atoms with Crippen LogP contribution in [0.1, 0.15) is 97.3 Å². The van der Waals surface area contributed by atoms with Gasteiger partial charge >= 0.3 is 11.9 Å². The minimum Gasteiger partial charge on any atom is -0.469 e. The standard InChI is InChI=1S/C19H36O4/c1-4-5-6-11-14-18(23-17(2)20)15-12-9-7-8-10-13-16-19(21)22-3/h18H,4-16H2,1-3H3. The van der Waals surface area contributed by atoms with Crippen LogP contribution in [0, 0.1) is 0 Å². The molecule has 0 aromatic carbocycles. The molecule has 0 radical (unpaired) electrons. The van der Waals surface area contributed by atoms with E-state index >= 15 is 0 Å². The Hall–Kier alpha value is -1.06. The van der Waals surface area contributed by atoms with Gasteiger partial charge in [0.25, 0.3) is 0 Å². The zero-order valence-corrected chi connectivity index (χ0v) is 15.4. The van der Waals surface area contributed by atoms with E-state index in [9.17, 15) is 9.59 Å². The van der Waals surface area contributed by atoms with Crippen molar-refractivity contribution in [2.45, 2.75) is 103 Å². The number of methoxy groups -OCH3 is 1. The molecule has 0 spiro atoms. The highest BCUT2D eigenvalue weighted by molar-refractivity contribution is 5.68. The van der Waals surface area contributed by atoms with E-state index in [-0.39, 0.29) is 18.0 Å². The van der Waals surface area contributed by atoms with Crippen LogP contribution in [0.4, 0.5) is 0 Å². The van der Waals surface area contributed by atoms with Gasteiger partial charge in [-0.15, -0.1) is 0 Å². The van der Waals surface area contributed by atoms with Crippen LogP contribution in [0.2, 0.25) is 0 Å². The quantitative estimate of drug-likeness (QED) is 0.307. The lowest BCUT2D eigenvalue weighted by Gasteiger charge is -2.17. The summed E-state index contributed by atoms with van der Waals surface area (Å²) in [5, 5.41) is 0. The molecule has 136 valence electrons. The summed E-state index contributed by atoms with van der Waals surface area (Å²) in [5.41, 5.74) is 0. The summed E-state index contributed by atoms with van der Waals surface area (Å²) in [6.07, 6.45) is 14.1. The Kier molecular flexibility index (Phi) is 15.1. The molecule has 0 aliphatic heterocycles. The minimum atomic E-state index is -0.159. The van der Waals surface area contributed by atoms with Gasteiger partial charge in [0.15, 0.2) is 0 Å². The molecule has 0 N–H and O–H groups in total. The second-order valence-corrected chi connectivity index (χ2v) is 6.32. The number of hydrogen-bond acceptors (Lipinski definition) is 4. The van der Waals surface area contributed by atoms with E-state index in [2.05, 4.69) is 11.7 Å². The Morgan fingerprint density at radius 2 is 1.35 bits per heavy atom. The van der Waals surface area contributed by atoms with E-state index in [1.54, 1.807) is 0 Å². The molecule has 1 atom stereocenters. The molecule has 23 heavy (non-hydrogen) atoms. The van der Waals surface area contributed by atoms with Crippen LogP contribution in [0.25, 0.3) is 0 Å². The van der Waals surface area contributed by atoms with Gasteiger partial charge in [-0.2, -0.15) is 0 Å². The Morgan fingerprint density at radius 1 is 0.826 bits per heavy atom. The van der Waals surface area contributed by atoms with Crippen LogP contribution in [0.15, 0.2) is 0 Å². The van der Waals surface area contributed by atoms with Crippen molar-refractivity contribution in [2.75, 3.05) is 7.11 Å². The van der Waals surface area contributed by atoms with E-state index < -0.39 is 0 Å². The van der Waals surface area contributed by atoms with E-state index in [0.717, 1.165) is 44.9 Å². The number of unbranched alkanes of at least 4 members (excludes halogenated alkanes) is 8. The third-order valence-electron chi connectivity index (χ3n) is 4.10. The van der Waals surface area contributed by atoms with Crippen molar-refractivity contribution in [1.29, 1.82) is 0 Å². The van der Waals surface area contributed by atoms with Crippen LogP contribution in [0.3, 0.4) is 0 Å². The molecule has 0 saturated heterocycles. The first kappa shape index (κ1) is 21.9. The largest absolute Gasteiger partial charge is 0.469 e.